The van der Waals surface area contributed by atoms with Crippen molar-refractivity contribution in [2.24, 2.45) is 0 Å². The third kappa shape index (κ3) is 8.91. The quantitative estimate of drug-likeness (QED) is 0.133. The number of allylic oxidation sites excluding steroid dienone is 2. The van der Waals surface area contributed by atoms with Gasteiger partial charge in [0.25, 0.3) is 8.32 Å². The van der Waals surface area contributed by atoms with Gasteiger partial charge in [0.1, 0.15) is 0 Å². The predicted octanol–water partition coefficient (Wildman–Crippen LogP) is 9.04. The lowest BCUT2D eigenvalue weighted by Gasteiger charge is -2.45. The molecule has 0 bridgehead atoms. The van der Waals surface area contributed by atoms with E-state index in [1.807, 2.05) is 0 Å². The second kappa shape index (κ2) is 14.6. The maximum atomic E-state index is 7.43. The van der Waals surface area contributed by atoms with Gasteiger partial charge in [0.2, 0.25) is 0 Å². The Morgan fingerprint density at radius 2 is 1.32 bits per heavy atom. The lowest BCUT2D eigenvalue weighted by Crippen LogP contribution is -2.67. The highest BCUT2D eigenvalue weighted by Crippen LogP contribution is 2.38. The Balaban J connectivity index is 2.29. The molecule has 38 heavy (non-hydrogen) atoms. The fraction of sp³-hybridized carbons (Fsp3) is 0.529. The first-order valence-corrected chi connectivity index (χ1v) is 19.4. The van der Waals surface area contributed by atoms with Gasteiger partial charge < -0.3 is 8.85 Å². The van der Waals surface area contributed by atoms with Gasteiger partial charge in [-0.2, -0.15) is 0 Å². The molecule has 0 unspecified atom stereocenters. The van der Waals surface area contributed by atoms with Crippen molar-refractivity contribution in [2.45, 2.75) is 110 Å². The van der Waals surface area contributed by atoms with Crippen molar-refractivity contribution in [1.29, 1.82) is 0 Å². The summed E-state index contributed by atoms with van der Waals surface area (Å²) in [6, 6.07) is 22.0. The second-order valence-corrected chi connectivity index (χ2v) is 22.1. The molecule has 0 aliphatic carbocycles. The zero-order chi connectivity index (χ0) is 28.3. The van der Waals surface area contributed by atoms with Crippen LogP contribution in [0.1, 0.15) is 80.6 Å². The van der Waals surface area contributed by atoms with Crippen molar-refractivity contribution < 1.29 is 8.85 Å². The normalized spacial score (nSPS) is 14.4. The lowest BCUT2D eigenvalue weighted by molar-refractivity contribution is 0.218. The highest BCUT2D eigenvalue weighted by atomic mass is 28.4. The Labute approximate surface area is 236 Å². The summed E-state index contributed by atoms with van der Waals surface area (Å²) in [5.74, 6) is 0. The Bertz CT molecular complexity index is 943. The van der Waals surface area contributed by atoms with Crippen LogP contribution in [0.4, 0.5) is 0 Å². The summed E-state index contributed by atoms with van der Waals surface area (Å²) in [5.41, 5.74) is 0. The Morgan fingerprint density at radius 1 is 0.763 bits per heavy atom. The van der Waals surface area contributed by atoms with Crippen molar-refractivity contribution >= 4 is 27.0 Å². The first-order chi connectivity index (χ1) is 17.8. The van der Waals surface area contributed by atoms with E-state index in [0.29, 0.717) is 0 Å². The van der Waals surface area contributed by atoms with Crippen LogP contribution in [0.15, 0.2) is 85.0 Å². The number of rotatable bonds is 14. The average molecular weight is 551 g/mol. The number of hydrogen-bond acceptors (Lipinski definition) is 2. The summed E-state index contributed by atoms with van der Waals surface area (Å²) in [4.78, 5) is 0. The molecule has 0 spiro atoms. The third-order valence-corrected chi connectivity index (χ3v) is 17.6. The van der Waals surface area contributed by atoms with Crippen LogP contribution in [0.3, 0.4) is 0 Å². The van der Waals surface area contributed by atoms with Crippen LogP contribution < -0.4 is 10.4 Å². The molecule has 0 saturated carbocycles. The van der Waals surface area contributed by atoms with E-state index < -0.39 is 16.6 Å². The van der Waals surface area contributed by atoms with E-state index in [1.165, 1.54) is 29.6 Å². The van der Waals surface area contributed by atoms with Crippen LogP contribution in [-0.4, -0.2) is 29.3 Å². The van der Waals surface area contributed by atoms with Crippen LogP contribution in [-0.2, 0) is 8.85 Å². The van der Waals surface area contributed by atoms with Crippen molar-refractivity contribution in [1.82, 2.24) is 0 Å². The van der Waals surface area contributed by atoms with E-state index in [4.69, 9.17) is 8.85 Å². The van der Waals surface area contributed by atoms with Crippen LogP contribution in [0.25, 0.3) is 0 Å². The minimum absolute atomic E-state index is 0.0243. The number of unbranched alkanes of at least 4 members (excludes halogenated alkanes) is 2. The first kappa shape index (κ1) is 32.5. The van der Waals surface area contributed by atoms with Gasteiger partial charge in [-0.1, -0.05) is 153 Å². The molecule has 1 atom stereocenters. The zero-order valence-electron chi connectivity index (χ0n) is 25.7. The Kier molecular flexibility index (Phi) is 12.5. The lowest BCUT2D eigenvalue weighted by atomic mass is 10.1. The predicted molar refractivity (Wildman–Crippen MR) is 173 cm³/mol. The van der Waals surface area contributed by atoms with Gasteiger partial charge in [0, 0.05) is 6.61 Å². The van der Waals surface area contributed by atoms with E-state index in [2.05, 4.69) is 147 Å². The molecule has 2 aromatic carbocycles. The van der Waals surface area contributed by atoms with Crippen LogP contribution >= 0.6 is 0 Å². The number of benzene rings is 2. The molecule has 0 aromatic heterocycles. The SMILES string of the molecule is CCCCC[C@@H](/C=C/C=C/CCO[Si](C)(C)C(C)(C)C)O[Si](c1ccccc1)(c1ccccc1)C(C)(C)C. The Hall–Kier alpha value is -1.73. The van der Waals surface area contributed by atoms with E-state index >= 15 is 0 Å². The molecule has 2 nitrogen and oxygen atoms in total. The van der Waals surface area contributed by atoms with Gasteiger partial charge in [0.05, 0.1) is 6.10 Å². The monoisotopic (exact) mass is 550 g/mol. The molecule has 0 radical (unpaired) electrons. The molecule has 0 fully saturated rings. The van der Waals surface area contributed by atoms with Crippen LogP contribution in [0.5, 0.6) is 0 Å². The minimum Gasteiger partial charge on any atom is -0.417 e. The van der Waals surface area contributed by atoms with E-state index in [9.17, 15) is 0 Å². The summed E-state index contributed by atoms with van der Waals surface area (Å²) < 4.78 is 13.8. The van der Waals surface area contributed by atoms with Crippen molar-refractivity contribution in [3.05, 3.63) is 85.0 Å². The van der Waals surface area contributed by atoms with Crippen molar-refractivity contribution in [3.8, 4) is 0 Å². The largest absolute Gasteiger partial charge is 0.417 e. The first-order valence-electron chi connectivity index (χ1n) is 14.6. The minimum atomic E-state index is -2.58. The smallest absolute Gasteiger partial charge is 0.261 e. The van der Waals surface area contributed by atoms with Gasteiger partial charge in [-0.15, -0.1) is 0 Å². The third-order valence-electron chi connectivity index (χ3n) is 7.96. The highest BCUT2D eigenvalue weighted by molar-refractivity contribution is 6.99. The molecule has 2 rings (SSSR count). The average Bonchev–Trinajstić information content (AvgIpc) is 2.86. The Morgan fingerprint density at radius 3 is 1.79 bits per heavy atom. The van der Waals surface area contributed by atoms with Crippen LogP contribution in [0, 0.1) is 0 Å². The number of hydrogen-bond donors (Lipinski definition) is 0. The second-order valence-electron chi connectivity index (χ2n) is 13.0. The van der Waals surface area contributed by atoms with Gasteiger partial charge >= 0.3 is 0 Å². The molecule has 0 heterocycles. The summed E-state index contributed by atoms with van der Waals surface area (Å²) >= 11 is 0. The molecule has 0 aliphatic heterocycles. The highest BCUT2D eigenvalue weighted by Gasteiger charge is 2.51. The maximum absolute atomic E-state index is 7.43. The summed E-state index contributed by atoms with van der Waals surface area (Å²) in [6.07, 6.45) is 14.6. The zero-order valence-corrected chi connectivity index (χ0v) is 27.7. The van der Waals surface area contributed by atoms with Gasteiger partial charge in [-0.05, 0) is 46.4 Å². The molecular weight excluding hydrogens is 497 g/mol. The fourth-order valence-corrected chi connectivity index (χ4v) is 10.4. The topological polar surface area (TPSA) is 18.5 Å². The summed E-state index contributed by atoms with van der Waals surface area (Å²) in [7, 11) is -4.27. The van der Waals surface area contributed by atoms with Gasteiger partial charge in [-0.3, -0.25) is 0 Å². The molecular formula is C34H54O2Si2. The van der Waals surface area contributed by atoms with E-state index in [1.54, 1.807) is 0 Å². The van der Waals surface area contributed by atoms with E-state index in [0.717, 1.165) is 19.4 Å². The molecule has 0 saturated heterocycles. The van der Waals surface area contributed by atoms with Crippen LogP contribution in [0.2, 0.25) is 23.2 Å². The fourth-order valence-electron chi connectivity index (χ4n) is 4.67. The molecule has 0 amide bonds. The molecule has 210 valence electrons. The van der Waals surface area contributed by atoms with Crippen molar-refractivity contribution in [2.75, 3.05) is 6.61 Å². The maximum Gasteiger partial charge on any atom is 0.261 e. The molecule has 4 heteroatoms. The molecule has 0 N–H and O–H groups in total. The van der Waals surface area contributed by atoms with Gasteiger partial charge in [0.15, 0.2) is 8.32 Å². The summed E-state index contributed by atoms with van der Waals surface area (Å²) in [6.45, 7) is 21.6. The molecule has 0 aliphatic rings. The van der Waals surface area contributed by atoms with E-state index in [-0.39, 0.29) is 16.2 Å². The summed E-state index contributed by atoms with van der Waals surface area (Å²) in [5, 5.41) is 2.90. The standard InChI is InChI=1S/C34H54O2Si2/c1-10-11-16-23-30(24-17-12-13-22-29-35-37(8,9)33(2,3)4)36-38(34(5,6)7,31-25-18-14-19-26-31)32-27-20-15-21-28-32/h12-15,17-21,24-28,30H,10-11,16,22-23,29H2,1-9H3/b13-12+,24-17+/t30-/m0/s1. The van der Waals surface area contributed by atoms with Gasteiger partial charge in [-0.25, -0.2) is 0 Å². The molecule has 2 aromatic rings. The van der Waals surface area contributed by atoms with Crippen molar-refractivity contribution in [3.63, 3.8) is 0 Å².